The topological polar surface area (TPSA) is 121 Å². The number of thioether (sulfide) groups is 1. The molecule has 9 nitrogen and oxygen atoms in total. The second kappa shape index (κ2) is 13.8. The summed E-state index contributed by atoms with van der Waals surface area (Å²) < 4.78 is 13.2. The highest BCUT2D eigenvalue weighted by Crippen LogP contribution is 2.43. The van der Waals surface area contributed by atoms with Gasteiger partial charge in [0.05, 0.1) is 18.8 Å². The molecule has 0 spiro atoms. The number of carbonyl (C=O) groups is 1. The quantitative estimate of drug-likeness (QED) is 0.188. The maximum absolute atomic E-state index is 11.8. The molecule has 4 atom stereocenters. The number of H-pyrrole nitrogens is 1. The number of rotatable bonds is 10. The molecule has 4 aromatic rings. The van der Waals surface area contributed by atoms with Crippen molar-refractivity contribution in [2.75, 3.05) is 12.3 Å². The lowest BCUT2D eigenvalue weighted by Gasteiger charge is -2.41. The lowest BCUT2D eigenvalue weighted by molar-refractivity contribution is -0.268. The zero-order chi connectivity index (χ0) is 28.6. The van der Waals surface area contributed by atoms with Crippen molar-refractivity contribution in [2.45, 2.75) is 50.7 Å². The van der Waals surface area contributed by atoms with Crippen molar-refractivity contribution in [1.82, 2.24) is 25.8 Å². The fourth-order valence-corrected chi connectivity index (χ4v) is 5.81. The number of aliphatic hydroxyl groups excluding tert-OH is 1. The summed E-state index contributed by atoms with van der Waals surface area (Å²) in [7, 11) is 0. The summed E-state index contributed by atoms with van der Waals surface area (Å²) in [5.74, 6) is 0.751. The van der Waals surface area contributed by atoms with Crippen LogP contribution in [0.25, 0.3) is 11.1 Å². The number of ether oxygens (including phenoxy) is 2. The van der Waals surface area contributed by atoms with Crippen LogP contribution in [0, 0.1) is 5.92 Å². The highest BCUT2D eigenvalue weighted by Gasteiger charge is 2.38. The van der Waals surface area contributed by atoms with Crippen molar-refractivity contribution in [3.8, 4) is 11.1 Å². The summed E-state index contributed by atoms with van der Waals surface area (Å²) in [5.41, 5.74) is 5.91. The van der Waals surface area contributed by atoms with Crippen LogP contribution in [0.5, 0.6) is 0 Å². The Bertz CT molecular complexity index is 1420. The van der Waals surface area contributed by atoms with E-state index in [4.69, 9.17) is 9.47 Å². The molecule has 2 amide bonds. The van der Waals surface area contributed by atoms with Crippen molar-refractivity contribution in [3.05, 3.63) is 101 Å². The van der Waals surface area contributed by atoms with Crippen LogP contribution in [0.3, 0.4) is 0 Å². The molecule has 3 aromatic carbocycles. The van der Waals surface area contributed by atoms with Gasteiger partial charge in [-0.2, -0.15) is 5.10 Å². The Kier molecular flexibility index (Phi) is 9.68. The molecule has 41 heavy (non-hydrogen) atoms. The van der Waals surface area contributed by atoms with Gasteiger partial charge in [0.1, 0.15) is 6.33 Å². The van der Waals surface area contributed by atoms with E-state index < -0.39 is 6.29 Å². The summed E-state index contributed by atoms with van der Waals surface area (Å²) in [6.07, 6.45) is 0.617. The van der Waals surface area contributed by atoms with E-state index in [2.05, 4.69) is 57.0 Å². The van der Waals surface area contributed by atoms with E-state index in [1.807, 2.05) is 55.5 Å². The average Bonchev–Trinajstić information content (AvgIpc) is 3.54. The number of nitrogens with zero attached hydrogens (tertiary/aromatic N) is 2. The summed E-state index contributed by atoms with van der Waals surface area (Å²) in [6.45, 7) is 5.05. The molecule has 1 aromatic heterocycles. The minimum absolute atomic E-state index is 0.000464. The molecule has 0 unspecified atom stereocenters. The maximum atomic E-state index is 11.8. The number of carbonyl (C=O) groups excluding carboxylic acids is 1. The molecule has 0 bridgehead atoms. The van der Waals surface area contributed by atoms with E-state index in [0.29, 0.717) is 18.8 Å². The van der Waals surface area contributed by atoms with Gasteiger partial charge in [-0.3, -0.25) is 5.10 Å². The van der Waals surface area contributed by atoms with Crippen molar-refractivity contribution in [3.63, 3.8) is 0 Å². The molecule has 2 heterocycles. The highest BCUT2D eigenvalue weighted by atomic mass is 32.2. The van der Waals surface area contributed by atoms with Gasteiger partial charge in [0, 0.05) is 30.3 Å². The molecule has 1 aliphatic heterocycles. The number of aromatic amines is 1. The van der Waals surface area contributed by atoms with Crippen molar-refractivity contribution in [2.24, 2.45) is 5.92 Å². The molecule has 0 aliphatic carbocycles. The van der Waals surface area contributed by atoms with E-state index in [1.54, 1.807) is 11.8 Å². The molecule has 1 saturated heterocycles. The molecular formula is C31H35N5O4S. The number of amides is 2. The first-order valence-electron chi connectivity index (χ1n) is 13.7. The van der Waals surface area contributed by atoms with Crippen LogP contribution < -0.4 is 10.6 Å². The van der Waals surface area contributed by atoms with Crippen LogP contribution in [0.15, 0.2) is 84.3 Å². The Morgan fingerprint density at radius 1 is 0.976 bits per heavy atom. The summed E-state index contributed by atoms with van der Waals surface area (Å²) in [4.78, 5) is 16.1. The fraction of sp³-hybridized carbons (Fsp3) is 0.323. The van der Waals surface area contributed by atoms with Crippen LogP contribution in [0.2, 0.25) is 0 Å². The molecular weight excluding hydrogens is 538 g/mol. The largest absolute Gasteiger partial charge is 0.392 e. The van der Waals surface area contributed by atoms with Crippen LogP contribution in [-0.2, 0) is 22.6 Å². The second-order valence-corrected chi connectivity index (χ2v) is 11.0. The summed E-state index contributed by atoms with van der Waals surface area (Å²) in [6, 6.07) is 24.1. The zero-order valence-electron chi connectivity index (χ0n) is 23.1. The third-order valence-corrected chi connectivity index (χ3v) is 8.08. The fourth-order valence-electron chi connectivity index (χ4n) is 4.87. The van der Waals surface area contributed by atoms with E-state index in [-0.39, 0.29) is 30.8 Å². The Morgan fingerprint density at radius 2 is 1.76 bits per heavy atom. The summed E-state index contributed by atoms with van der Waals surface area (Å²) >= 11 is 1.57. The predicted octanol–water partition coefficient (Wildman–Crippen LogP) is 5.37. The maximum Gasteiger partial charge on any atom is 0.315 e. The Balaban J connectivity index is 1.38. The van der Waals surface area contributed by atoms with Gasteiger partial charge in [0.15, 0.2) is 11.4 Å². The van der Waals surface area contributed by atoms with Crippen LogP contribution in [0.4, 0.5) is 4.79 Å². The molecule has 0 saturated carbocycles. The highest BCUT2D eigenvalue weighted by molar-refractivity contribution is 7.99. The summed E-state index contributed by atoms with van der Waals surface area (Å²) in [5, 5.41) is 22.7. The smallest absolute Gasteiger partial charge is 0.315 e. The molecule has 4 N–H and O–H groups in total. The molecule has 1 aliphatic rings. The van der Waals surface area contributed by atoms with Crippen molar-refractivity contribution >= 4 is 17.8 Å². The number of urea groups is 1. The van der Waals surface area contributed by atoms with E-state index in [1.165, 1.54) is 6.33 Å². The van der Waals surface area contributed by atoms with Crippen LogP contribution >= 0.6 is 11.8 Å². The van der Waals surface area contributed by atoms with Crippen molar-refractivity contribution < 1.29 is 19.4 Å². The second-order valence-electron chi connectivity index (χ2n) is 9.96. The number of benzene rings is 3. The minimum Gasteiger partial charge on any atom is -0.392 e. The third-order valence-electron chi connectivity index (χ3n) is 7.11. The first-order valence-corrected chi connectivity index (χ1v) is 14.7. The van der Waals surface area contributed by atoms with Gasteiger partial charge in [-0.25, -0.2) is 9.78 Å². The monoisotopic (exact) mass is 573 g/mol. The Labute approximate surface area is 244 Å². The molecule has 0 radical (unpaired) electrons. The van der Waals surface area contributed by atoms with E-state index in [9.17, 15) is 9.90 Å². The van der Waals surface area contributed by atoms with Gasteiger partial charge >= 0.3 is 6.03 Å². The first kappa shape index (κ1) is 28.8. The van der Waals surface area contributed by atoms with Gasteiger partial charge in [-0.1, -0.05) is 79.3 Å². The average molecular weight is 574 g/mol. The molecule has 5 rings (SSSR count). The first-order chi connectivity index (χ1) is 20.0. The minimum atomic E-state index is -0.573. The van der Waals surface area contributed by atoms with E-state index in [0.717, 1.165) is 38.5 Å². The Hall–Kier alpha value is -3.70. The van der Waals surface area contributed by atoms with Gasteiger partial charge in [-0.15, -0.1) is 0 Å². The number of hydrogen-bond donors (Lipinski definition) is 4. The van der Waals surface area contributed by atoms with E-state index >= 15 is 0 Å². The normalized spacial score (nSPS) is 20.5. The lowest BCUT2D eigenvalue weighted by Crippen LogP contribution is -2.38. The number of aliphatic hydroxyl groups is 1. The van der Waals surface area contributed by atoms with Gasteiger partial charge in [-0.05, 0) is 46.9 Å². The van der Waals surface area contributed by atoms with Crippen LogP contribution in [0.1, 0.15) is 48.5 Å². The Morgan fingerprint density at radius 3 is 2.49 bits per heavy atom. The zero-order valence-corrected chi connectivity index (χ0v) is 23.9. The third kappa shape index (κ3) is 7.34. The van der Waals surface area contributed by atoms with Gasteiger partial charge in [0.2, 0.25) is 0 Å². The molecule has 214 valence electrons. The van der Waals surface area contributed by atoms with Crippen LogP contribution in [-0.4, -0.2) is 44.7 Å². The molecule has 10 heteroatoms. The standard InChI is InChI=1S/C31H35N5O4S/c1-3-32-30(38)33-16-22-6-4-7-24(14-22)25-8-5-9-26(15-25)29-39-27(18-41-31-34-19-35-36-31)20(2)28(40-29)23-12-10-21(17-37)11-13-23/h4-15,19-20,27-29,37H,3,16-18H2,1-2H3,(H2,32,33,38)(H,34,35,36)/t20-,27+,28+,29+/m0/s1. The predicted molar refractivity (Wildman–Crippen MR) is 158 cm³/mol. The van der Waals surface area contributed by atoms with Gasteiger partial charge < -0.3 is 25.2 Å². The van der Waals surface area contributed by atoms with Crippen molar-refractivity contribution in [1.29, 1.82) is 0 Å². The number of hydrogen-bond acceptors (Lipinski definition) is 7. The lowest BCUT2D eigenvalue weighted by atomic mass is 9.91. The number of nitrogens with one attached hydrogen (secondary N) is 3. The molecule has 1 fully saturated rings. The van der Waals surface area contributed by atoms with Gasteiger partial charge in [0.25, 0.3) is 0 Å². The SMILES string of the molecule is CCNC(=O)NCc1cccc(-c2cccc([C@@H]3O[C@H](CSc4ncn[nH]4)[C@H](C)[C@H](c4ccc(CO)cc4)O3)c2)c1. The number of aromatic nitrogens is 3.